The number of benzene rings is 1. The Morgan fingerprint density at radius 2 is 1.96 bits per heavy atom. The van der Waals surface area contributed by atoms with Gasteiger partial charge in [-0.1, -0.05) is 18.2 Å². The second kappa shape index (κ2) is 6.81. The highest BCUT2D eigenvalue weighted by molar-refractivity contribution is 5.96. The molecule has 25 heavy (non-hydrogen) atoms. The third-order valence-electron chi connectivity index (χ3n) is 4.36. The number of methoxy groups -OCH3 is 1. The fraction of sp³-hybridized carbons (Fsp3) is 0.200. The average Bonchev–Trinajstić information content (AvgIpc) is 2.61. The first kappa shape index (κ1) is 16.8. The largest absolute Gasteiger partial charge is 0.497 e. The summed E-state index contributed by atoms with van der Waals surface area (Å²) in [5.41, 5.74) is 4.33. The standard InChI is InChI=1S/C20H20N2O3/c1-12-17(16-9-4-5-10-21-16)19(18(20(23)24)13(2)22-12)14-7-6-8-15(11-14)25-3/h4-11,19,22H,1-3H3,(H,23,24). The predicted molar refractivity (Wildman–Crippen MR) is 96.0 cm³/mol. The van der Waals surface area contributed by atoms with Gasteiger partial charge in [0, 0.05) is 29.1 Å². The Kier molecular flexibility index (Phi) is 4.57. The highest BCUT2D eigenvalue weighted by Gasteiger charge is 2.34. The lowest BCUT2D eigenvalue weighted by Crippen LogP contribution is -2.27. The van der Waals surface area contributed by atoms with E-state index in [1.54, 1.807) is 20.2 Å². The van der Waals surface area contributed by atoms with Crippen molar-refractivity contribution in [3.63, 3.8) is 0 Å². The highest BCUT2D eigenvalue weighted by atomic mass is 16.5. The number of nitrogens with one attached hydrogen (secondary N) is 1. The van der Waals surface area contributed by atoms with E-state index in [0.29, 0.717) is 17.0 Å². The Balaban J connectivity index is 2.24. The Morgan fingerprint density at radius 3 is 2.60 bits per heavy atom. The summed E-state index contributed by atoms with van der Waals surface area (Å²) in [4.78, 5) is 16.5. The zero-order valence-electron chi connectivity index (χ0n) is 14.4. The van der Waals surface area contributed by atoms with Crippen molar-refractivity contribution < 1.29 is 14.6 Å². The summed E-state index contributed by atoms with van der Waals surface area (Å²) >= 11 is 0. The molecule has 0 aliphatic carbocycles. The van der Waals surface area contributed by atoms with Crippen LogP contribution in [0.3, 0.4) is 0 Å². The molecule has 0 amide bonds. The van der Waals surface area contributed by atoms with E-state index >= 15 is 0 Å². The number of aromatic nitrogens is 1. The smallest absolute Gasteiger partial charge is 0.334 e. The molecule has 1 aromatic carbocycles. The van der Waals surface area contributed by atoms with Crippen molar-refractivity contribution in [3.8, 4) is 5.75 Å². The van der Waals surface area contributed by atoms with Crippen LogP contribution in [-0.4, -0.2) is 23.2 Å². The summed E-state index contributed by atoms with van der Waals surface area (Å²) in [6.07, 6.45) is 1.71. The molecule has 2 N–H and O–H groups in total. The van der Waals surface area contributed by atoms with Crippen LogP contribution < -0.4 is 10.1 Å². The summed E-state index contributed by atoms with van der Waals surface area (Å²) in [5.74, 6) is -0.682. The van der Waals surface area contributed by atoms with Crippen LogP contribution in [0.2, 0.25) is 0 Å². The van der Waals surface area contributed by atoms with Gasteiger partial charge in [0.15, 0.2) is 0 Å². The molecule has 0 radical (unpaired) electrons. The number of rotatable bonds is 4. The summed E-state index contributed by atoms with van der Waals surface area (Å²) in [5, 5.41) is 13.0. The zero-order chi connectivity index (χ0) is 18.0. The van der Waals surface area contributed by atoms with Gasteiger partial charge in [0.1, 0.15) is 5.75 Å². The van der Waals surface area contributed by atoms with Gasteiger partial charge in [0.25, 0.3) is 0 Å². The molecular weight excluding hydrogens is 316 g/mol. The van der Waals surface area contributed by atoms with E-state index in [1.807, 2.05) is 49.4 Å². The van der Waals surface area contributed by atoms with Crippen molar-refractivity contribution in [3.05, 3.63) is 76.9 Å². The lowest BCUT2D eigenvalue weighted by atomic mass is 9.79. The van der Waals surface area contributed by atoms with Gasteiger partial charge in [-0.05, 0) is 43.7 Å². The van der Waals surface area contributed by atoms with Crippen LogP contribution in [0.15, 0.2) is 65.6 Å². The molecule has 5 nitrogen and oxygen atoms in total. The number of nitrogens with zero attached hydrogens (tertiary/aromatic N) is 1. The Hall–Kier alpha value is -3.08. The van der Waals surface area contributed by atoms with Gasteiger partial charge in [-0.15, -0.1) is 0 Å². The molecular formula is C20H20N2O3. The van der Waals surface area contributed by atoms with Gasteiger partial charge < -0.3 is 15.2 Å². The van der Waals surface area contributed by atoms with E-state index in [1.165, 1.54) is 0 Å². The van der Waals surface area contributed by atoms with Crippen molar-refractivity contribution >= 4 is 11.5 Å². The molecule has 3 rings (SSSR count). The fourth-order valence-corrected chi connectivity index (χ4v) is 3.29. The van der Waals surface area contributed by atoms with Crippen molar-refractivity contribution in [1.29, 1.82) is 0 Å². The van der Waals surface area contributed by atoms with E-state index < -0.39 is 11.9 Å². The molecule has 1 aromatic heterocycles. The number of ether oxygens (including phenoxy) is 1. The van der Waals surface area contributed by atoms with Gasteiger partial charge in [-0.3, -0.25) is 4.98 Å². The number of hydrogen-bond donors (Lipinski definition) is 2. The number of carbonyl (C=O) groups is 1. The van der Waals surface area contributed by atoms with Crippen LogP contribution in [0.5, 0.6) is 5.75 Å². The highest BCUT2D eigenvalue weighted by Crippen LogP contribution is 2.43. The van der Waals surface area contributed by atoms with E-state index in [2.05, 4.69) is 10.3 Å². The zero-order valence-corrected chi connectivity index (χ0v) is 14.4. The number of aliphatic carboxylic acids is 1. The molecule has 1 atom stereocenters. The minimum atomic E-state index is -0.946. The third kappa shape index (κ3) is 3.13. The van der Waals surface area contributed by atoms with E-state index in [-0.39, 0.29) is 0 Å². The number of carboxylic acids is 1. The van der Waals surface area contributed by atoms with Gasteiger partial charge in [-0.25, -0.2) is 4.79 Å². The summed E-state index contributed by atoms with van der Waals surface area (Å²) in [6, 6.07) is 13.2. The monoisotopic (exact) mass is 336 g/mol. The van der Waals surface area contributed by atoms with Crippen LogP contribution >= 0.6 is 0 Å². The minimum absolute atomic E-state index is 0.319. The second-order valence-corrected chi connectivity index (χ2v) is 5.93. The predicted octanol–water partition coefficient (Wildman–Crippen LogP) is 3.57. The fourth-order valence-electron chi connectivity index (χ4n) is 3.29. The van der Waals surface area contributed by atoms with Crippen LogP contribution in [0, 0.1) is 0 Å². The first-order valence-corrected chi connectivity index (χ1v) is 8.00. The van der Waals surface area contributed by atoms with Crippen molar-refractivity contribution in [2.24, 2.45) is 0 Å². The molecule has 0 saturated heterocycles. The topological polar surface area (TPSA) is 71.5 Å². The molecule has 128 valence electrons. The van der Waals surface area contributed by atoms with Gasteiger partial charge in [0.05, 0.1) is 18.4 Å². The van der Waals surface area contributed by atoms with E-state index in [4.69, 9.17) is 4.74 Å². The molecule has 1 aliphatic heterocycles. The van der Waals surface area contributed by atoms with E-state index in [9.17, 15) is 9.90 Å². The van der Waals surface area contributed by atoms with E-state index in [0.717, 1.165) is 22.5 Å². The average molecular weight is 336 g/mol. The maximum Gasteiger partial charge on any atom is 0.334 e. The van der Waals surface area contributed by atoms with Crippen molar-refractivity contribution in [1.82, 2.24) is 10.3 Å². The number of carboxylic acid groups (broad SMARTS) is 1. The summed E-state index contributed by atoms with van der Waals surface area (Å²) in [7, 11) is 1.60. The van der Waals surface area contributed by atoms with Crippen LogP contribution in [0.4, 0.5) is 0 Å². The van der Waals surface area contributed by atoms with Gasteiger partial charge in [0.2, 0.25) is 0 Å². The lowest BCUT2D eigenvalue weighted by Gasteiger charge is -2.30. The number of dihydropyridines is 1. The molecule has 1 aliphatic rings. The molecule has 0 saturated carbocycles. The summed E-state index contributed by atoms with van der Waals surface area (Å²) < 4.78 is 5.33. The van der Waals surface area contributed by atoms with Crippen LogP contribution in [0.1, 0.15) is 31.0 Å². The Bertz CT molecular complexity index is 870. The van der Waals surface area contributed by atoms with Gasteiger partial charge >= 0.3 is 5.97 Å². The van der Waals surface area contributed by atoms with Crippen LogP contribution in [0.25, 0.3) is 5.57 Å². The molecule has 1 unspecified atom stereocenters. The minimum Gasteiger partial charge on any atom is -0.497 e. The Labute approximate surface area is 146 Å². The SMILES string of the molecule is COc1cccc(C2C(C(=O)O)=C(C)NC(C)=C2c2ccccn2)c1. The molecule has 2 heterocycles. The second-order valence-electron chi connectivity index (χ2n) is 5.93. The Morgan fingerprint density at radius 1 is 1.16 bits per heavy atom. The maximum absolute atomic E-state index is 12.0. The molecule has 5 heteroatoms. The van der Waals surface area contributed by atoms with Crippen molar-refractivity contribution in [2.75, 3.05) is 7.11 Å². The first-order valence-electron chi connectivity index (χ1n) is 8.00. The lowest BCUT2D eigenvalue weighted by molar-refractivity contribution is -0.132. The number of allylic oxidation sites excluding steroid dienone is 3. The quantitative estimate of drug-likeness (QED) is 0.893. The third-order valence-corrected chi connectivity index (χ3v) is 4.36. The van der Waals surface area contributed by atoms with Crippen molar-refractivity contribution in [2.45, 2.75) is 19.8 Å². The molecule has 2 aromatic rings. The molecule has 0 fully saturated rings. The number of pyridine rings is 1. The normalized spacial score (nSPS) is 17.3. The maximum atomic E-state index is 12.0. The molecule has 0 bridgehead atoms. The molecule has 0 spiro atoms. The first-order chi connectivity index (χ1) is 12.0. The number of hydrogen-bond acceptors (Lipinski definition) is 4. The summed E-state index contributed by atoms with van der Waals surface area (Å²) in [6.45, 7) is 3.73. The van der Waals surface area contributed by atoms with Gasteiger partial charge in [-0.2, -0.15) is 0 Å². The van der Waals surface area contributed by atoms with Crippen LogP contribution in [-0.2, 0) is 4.79 Å².